The normalized spacial score (nSPS) is 17.4. The van der Waals surface area contributed by atoms with Crippen LogP contribution in [0.1, 0.15) is 13.3 Å². The van der Waals surface area contributed by atoms with Gasteiger partial charge in [-0.2, -0.15) is 0 Å². The molecule has 4 rings (SSSR count). The molecule has 2 aliphatic rings. The SMILES string of the molecule is C[C@H](OC(=O)C[C@@H]1Oc2ccccc2NC1=O)C(=O)Nc1ccc2c(c1)OCO2. The smallest absolute Gasteiger partial charge is 0.310 e. The molecule has 0 bridgehead atoms. The second kappa shape index (κ2) is 7.70. The van der Waals surface area contributed by atoms with Crippen molar-refractivity contribution in [3.05, 3.63) is 42.5 Å². The Morgan fingerprint density at radius 2 is 1.97 bits per heavy atom. The van der Waals surface area contributed by atoms with E-state index in [9.17, 15) is 14.4 Å². The van der Waals surface area contributed by atoms with Gasteiger partial charge in [-0.1, -0.05) is 12.1 Å². The quantitative estimate of drug-likeness (QED) is 0.742. The van der Waals surface area contributed by atoms with Crippen LogP contribution in [0, 0.1) is 0 Å². The molecule has 9 heteroatoms. The van der Waals surface area contributed by atoms with Crippen LogP contribution in [0.3, 0.4) is 0 Å². The van der Waals surface area contributed by atoms with Crippen LogP contribution < -0.4 is 24.8 Å². The van der Waals surface area contributed by atoms with E-state index in [4.69, 9.17) is 18.9 Å². The third-order valence-corrected chi connectivity index (χ3v) is 4.38. The summed E-state index contributed by atoms with van der Waals surface area (Å²) in [6, 6.07) is 11.8. The van der Waals surface area contributed by atoms with E-state index in [0.717, 1.165) is 0 Å². The number of fused-ring (bicyclic) bond motifs is 2. The van der Waals surface area contributed by atoms with Crippen LogP contribution in [0.2, 0.25) is 0 Å². The number of amides is 2. The molecule has 2 atom stereocenters. The van der Waals surface area contributed by atoms with E-state index in [1.807, 2.05) is 0 Å². The molecule has 9 nitrogen and oxygen atoms in total. The second-order valence-corrected chi connectivity index (χ2v) is 6.49. The lowest BCUT2D eigenvalue weighted by Gasteiger charge is -2.25. The summed E-state index contributed by atoms with van der Waals surface area (Å²) in [5, 5.41) is 5.31. The first-order valence-corrected chi connectivity index (χ1v) is 8.96. The van der Waals surface area contributed by atoms with E-state index in [0.29, 0.717) is 28.6 Å². The van der Waals surface area contributed by atoms with Crippen LogP contribution in [0.5, 0.6) is 17.2 Å². The fourth-order valence-electron chi connectivity index (χ4n) is 2.90. The molecule has 2 amide bonds. The molecule has 150 valence electrons. The molecular weight excluding hydrogens is 380 g/mol. The van der Waals surface area contributed by atoms with Crippen molar-refractivity contribution in [1.29, 1.82) is 0 Å². The standard InChI is InChI=1S/C20H18N2O7/c1-11(19(24)21-12-6-7-15-16(8-12)27-10-26-15)28-18(23)9-17-20(25)22-13-4-2-3-5-14(13)29-17/h2-8,11,17H,9-10H2,1H3,(H,21,24)(H,22,25)/t11-,17-/m0/s1. The summed E-state index contributed by atoms with van der Waals surface area (Å²) in [6.07, 6.45) is -2.41. The van der Waals surface area contributed by atoms with Gasteiger partial charge in [-0.05, 0) is 31.2 Å². The van der Waals surface area contributed by atoms with Gasteiger partial charge in [0.1, 0.15) is 5.75 Å². The molecule has 0 spiro atoms. The minimum absolute atomic E-state index is 0.127. The van der Waals surface area contributed by atoms with Crippen LogP contribution in [0.4, 0.5) is 11.4 Å². The highest BCUT2D eigenvalue weighted by Gasteiger charge is 2.31. The van der Waals surface area contributed by atoms with Gasteiger partial charge < -0.3 is 29.6 Å². The number of carbonyl (C=O) groups is 3. The van der Waals surface area contributed by atoms with E-state index in [2.05, 4.69) is 10.6 Å². The third-order valence-electron chi connectivity index (χ3n) is 4.38. The number of para-hydroxylation sites is 2. The maximum Gasteiger partial charge on any atom is 0.310 e. The van der Waals surface area contributed by atoms with Crippen molar-refractivity contribution < 1.29 is 33.3 Å². The molecule has 0 fully saturated rings. The fraction of sp³-hybridized carbons (Fsp3) is 0.250. The minimum atomic E-state index is -1.06. The molecule has 0 aromatic heterocycles. The maximum atomic E-state index is 12.3. The number of anilines is 2. The molecule has 0 aliphatic carbocycles. The number of hydrogen-bond donors (Lipinski definition) is 2. The summed E-state index contributed by atoms with van der Waals surface area (Å²) >= 11 is 0. The zero-order valence-electron chi connectivity index (χ0n) is 15.5. The van der Waals surface area contributed by atoms with Crippen LogP contribution in [0.15, 0.2) is 42.5 Å². The van der Waals surface area contributed by atoms with Crippen LogP contribution in [-0.4, -0.2) is 36.8 Å². The Hall–Kier alpha value is -3.75. The largest absolute Gasteiger partial charge is 0.478 e. The lowest BCUT2D eigenvalue weighted by atomic mass is 10.1. The number of benzene rings is 2. The lowest BCUT2D eigenvalue weighted by Crippen LogP contribution is -2.40. The lowest BCUT2D eigenvalue weighted by molar-refractivity contribution is -0.155. The Bertz CT molecular complexity index is 975. The predicted molar refractivity (Wildman–Crippen MR) is 101 cm³/mol. The van der Waals surface area contributed by atoms with Gasteiger partial charge in [0, 0.05) is 11.8 Å². The molecule has 0 saturated carbocycles. The van der Waals surface area contributed by atoms with Gasteiger partial charge in [-0.15, -0.1) is 0 Å². The number of rotatable bonds is 5. The molecule has 2 aromatic rings. The van der Waals surface area contributed by atoms with Gasteiger partial charge in [0.15, 0.2) is 23.7 Å². The van der Waals surface area contributed by atoms with E-state index < -0.39 is 30.0 Å². The average Bonchev–Trinajstić information content (AvgIpc) is 3.16. The highest BCUT2D eigenvalue weighted by atomic mass is 16.7. The van der Waals surface area contributed by atoms with Gasteiger partial charge in [-0.25, -0.2) is 0 Å². The van der Waals surface area contributed by atoms with Gasteiger partial charge in [0.25, 0.3) is 11.8 Å². The maximum absolute atomic E-state index is 12.3. The van der Waals surface area contributed by atoms with Crippen molar-refractivity contribution in [2.75, 3.05) is 17.4 Å². The molecule has 29 heavy (non-hydrogen) atoms. The Balaban J connectivity index is 1.31. The Morgan fingerprint density at radius 3 is 2.83 bits per heavy atom. The van der Waals surface area contributed by atoms with Crippen LogP contribution in [-0.2, 0) is 19.1 Å². The van der Waals surface area contributed by atoms with Gasteiger partial charge in [0.05, 0.1) is 12.1 Å². The summed E-state index contributed by atoms with van der Waals surface area (Å²) in [5.41, 5.74) is 1.02. The summed E-state index contributed by atoms with van der Waals surface area (Å²) in [7, 11) is 0. The Morgan fingerprint density at radius 1 is 1.17 bits per heavy atom. The summed E-state index contributed by atoms with van der Waals surface area (Å²) < 4.78 is 21.2. The van der Waals surface area contributed by atoms with E-state index in [1.165, 1.54) is 6.92 Å². The predicted octanol–water partition coefficient (Wildman–Crippen LogP) is 2.08. The number of esters is 1. The molecule has 2 N–H and O–H groups in total. The first-order valence-electron chi connectivity index (χ1n) is 8.96. The van der Waals surface area contributed by atoms with E-state index in [1.54, 1.807) is 42.5 Å². The minimum Gasteiger partial charge on any atom is -0.478 e. The van der Waals surface area contributed by atoms with Gasteiger partial charge >= 0.3 is 5.97 Å². The average molecular weight is 398 g/mol. The van der Waals surface area contributed by atoms with Crippen molar-refractivity contribution in [2.24, 2.45) is 0 Å². The van der Waals surface area contributed by atoms with Crippen molar-refractivity contribution in [1.82, 2.24) is 0 Å². The van der Waals surface area contributed by atoms with Crippen molar-refractivity contribution >= 4 is 29.2 Å². The first-order chi connectivity index (χ1) is 14.0. The summed E-state index contributed by atoms with van der Waals surface area (Å²) in [5.74, 6) is -0.103. The Kier molecular flexibility index (Phi) is 4.94. The summed E-state index contributed by atoms with van der Waals surface area (Å²) in [6.45, 7) is 1.57. The number of carbonyl (C=O) groups excluding carboxylic acids is 3. The highest BCUT2D eigenvalue weighted by molar-refractivity contribution is 6.00. The second-order valence-electron chi connectivity index (χ2n) is 6.49. The van der Waals surface area contributed by atoms with Gasteiger partial charge in [-0.3, -0.25) is 14.4 Å². The zero-order chi connectivity index (χ0) is 20.4. The zero-order valence-corrected chi connectivity index (χ0v) is 15.5. The number of ether oxygens (including phenoxy) is 4. The molecule has 0 radical (unpaired) electrons. The van der Waals surface area contributed by atoms with Crippen LogP contribution >= 0.6 is 0 Å². The monoisotopic (exact) mass is 398 g/mol. The topological polar surface area (TPSA) is 112 Å². The first kappa shape index (κ1) is 18.6. The van der Waals surface area contributed by atoms with Gasteiger partial charge in [0.2, 0.25) is 6.79 Å². The molecule has 2 aliphatic heterocycles. The van der Waals surface area contributed by atoms with E-state index in [-0.39, 0.29) is 13.2 Å². The fourth-order valence-corrected chi connectivity index (χ4v) is 2.90. The van der Waals surface area contributed by atoms with Crippen LogP contribution in [0.25, 0.3) is 0 Å². The third kappa shape index (κ3) is 4.08. The number of hydrogen-bond acceptors (Lipinski definition) is 7. The molecule has 2 heterocycles. The van der Waals surface area contributed by atoms with Crippen molar-refractivity contribution in [3.63, 3.8) is 0 Å². The highest BCUT2D eigenvalue weighted by Crippen LogP contribution is 2.34. The Labute approximate surface area is 165 Å². The van der Waals surface area contributed by atoms with E-state index >= 15 is 0 Å². The van der Waals surface area contributed by atoms with Crippen molar-refractivity contribution in [2.45, 2.75) is 25.6 Å². The molecule has 2 aromatic carbocycles. The molecule has 0 saturated heterocycles. The summed E-state index contributed by atoms with van der Waals surface area (Å²) in [4.78, 5) is 36.6. The number of nitrogens with one attached hydrogen (secondary N) is 2. The molecule has 0 unspecified atom stereocenters. The van der Waals surface area contributed by atoms with Crippen molar-refractivity contribution in [3.8, 4) is 17.2 Å². The molecular formula is C20H18N2O7.